The number of H-pyrrole nitrogens is 1. The van der Waals surface area contributed by atoms with Crippen molar-refractivity contribution in [1.82, 2.24) is 15.4 Å². The molecule has 0 aliphatic heterocycles. The molecule has 0 saturated carbocycles. The Bertz CT molecular complexity index is 126. The van der Waals surface area contributed by atoms with Crippen molar-refractivity contribution in [2.75, 3.05) is 0 Å². The van der Waals surface area contributed by atoms with Crippen LogP contribution in [0.2, 0.25) is 0 Å². The lowest BCUT2D eigenvalue weighted by Gasteiger charge is -1.60. The van der Waals surface area contributed by atoms with Gasteiger partial charge in [0.25, 0.3) is 0 Å². The van der Waals surface area contributed by atoms with E-state index in [0.717, 1.165) is 0 Å². The van der Waals surface area contributed by atoms with E-state index in [1.54, 1.807) is 12.4 Å². The molecule has 1 amide bonds. The Kier molecular flexibility index (Phi) is 4.03. The smallest absolute Gasteiger partial charge is 0.214 e. The molecule has 1 rings (SSSR count). The van der Waals surface area contributed by atoms with E-state index in [0.29, 0.717) is 0 Å². The number of nitrogens with zero attached hydrogens (tertiary/aromatic N) is 2. The molecule has 0 spiro atoms. The second kappa shape index (κ2) is 4.76. The molecule has 3 N–H and O–H groups in total. The number of primary amides is 1. The standard InChI is InChI=1S/C2H3N3.C2H5NO/c1-2-4-5-3-1;1-2(3)4/h1-2H,(H,3,4,5);1H3,(H2,3,4). The summed E-state index contributed by atoms with van der Waals surface area (Å²) in [5.41, 5.74) is 4.47. The number of hydrogen-bond acceptors (Lipinski definition) is 3. The second-order valence-corrected chi connectivity index (χ2v) is 1.27. The van der Waals surface area contributed by atoms with Gasteiger partial charge in [0, 0.05) is 6.92 Å². The zero-order valence-electron chi connectivity index (χ0n) is 5.03. The Morgan fingerprint density at radius 2 is 1.89 bits per heavy atom. The molecular formula is C4H8N4O. The molecule has 5 heteroatoms. The summed E-state index contributed by atoms with van der Waals surface area (Å²) in [6.07, 6.45) is 3.17. The maximum atomic E-state index is 9.22. The Hall–Kier alpha value is -1.39. The number of carbonyl (C=O) groups excluding carboxylic acids is 1. The molecule has 1 heterocycles. The van der Waals surface area contributed by atoms with Crippen LogP contribution in [0.4, 0.5) is 0 Å². The van der Waals surface area contributed by atoms with E-state index in [1.807, 2.05) is 0 Å². The first-order valence-electron chi connectivity index (χ1n) is 2.29. The lowest BCUT2D eigenvalue weighted by Crippen LogP contribution is -2.01. The number of rotatable bonds is 0. The third-order valence-corrected chi connectivity index (χ3v) is 0.331. The maximum absolute atomic E-state index is 9.22. The highest BCUT2D eigenvalue weighted by Crippen LogP contribution is 1.55. The van der Waals surface area contributed by atoms with E-state index in [1.165, 1.54) is 6.92 Å². The molecular weight excluding hydrogens is 120 g/mol. The normalized spacial score (nSPS) is 7.22. The summed E-state index contributed by atoms with van der Waals surface area (Å²) < 4.78 is 0. The van der Waals surface area contributed by atoms with Gasteiger partial charge in [-0.3, -0.25) is 4.79 Å². The van der Waals surface area contributed by atoms with Gasteiger partial charge in [0.2, 0.25) is 5.91 Å². The predicted octanol–water partition coefficient (Wildman–Crippen LogP) is -0.704. The summed E-state index contributed by atoms with van der Waals surface area (Å²) in [7, 11) is 0. The molecule has 5 nitrogen and oxygen atoms in total. The third-order valence-electron chi connectivity index (χ3n) is 0.331. The molecule has 1 aromatic heterocycles. The van der Waals surface area contributed by atoms with Gasteiger partial charge in [0.1, 0.15) is 0 Å². The largest absolute Gasteiger partial charge is 0.370 e. The topological polar surface area (TPSA) is 84.7 Å². The lowest BCUT2D eigenvalue weighted by molar-refractivity contribution is -0.115. The van der Waals surface area contributed by atoms with Crippen molar-refractivity contribution in [3.05, 3.63) is 12.4 Å². The summed E-state index contributed by atoms with van der Waals surface area (Å²) in [4.78, 5) is 9.22. The lowest BCUT2D eigenvalue weighted by atomic mass is 10.8. The molecule has 0 atom stereocenters. The first kappa shape index (κ1) is 7.61. The first-order valence-corrected chi connectivity index (χ1v) is 2.29. The summed E-state index contributed by atoms with van der Waals surface area (Å²) in [5.74, 6) is -0.333. The molecule has 0 bridgehead atoms. The van der Waals surface area contributed by atoms with Crippen LogP contribution in [0.5, 0.6) is 0 Å². The van der Waals surface area contributed by atoms with Crippen LogP contribution in [0, 0.1) is 0 Å². The minimum Gasteiger partial charge on any atom is -0.370 e. The number of amides is 1. The summed E-state index contributed by atoms with van der Waals surface area (Å²) in [6.45, 7) is 1.31. The maximum Gasteiger partial charge on any atom is 0.214 e. The number of aromatic nitrogens is 3. The van der Waals surface area contributed by atoms with Gasteiger partial charge in [0.05, 0.1) is 12.4 Å². The van der Waals surface area contributed by atoms with E-state index < -0.39 is 0 Å². The predicted molar refractivity (Wildman–Crippen MR) is 31.3 cm³/mol. The van der Waals surface area contributed by atoms with Gasteiger partial charge in [-0.2, -0.15) is 15.4 Å². The Morgan fingerprint density at radius 1 is 1.56 bits per heavy atom. The van der Waals surface area contributed by atoms with Crippen LogP contribution in [-0.2, 0) is 4.79 Å². The van der Waals surface area contributed by atoms with Gasteiger partial charge in [-0.25, -0.2) is 0 Å². The van der Waals surface area contributed by atoms with Crippen LogP contribution in [-0.4, -0.2) is 21.3 Å². The highest BCUT2D eigenvalue weighted by molar-refractivity contribution is 5.70. The molecule has 0 radical (unpaired) electrons. The van der Waals surface area contributed by atoms with Crippen LogP contribution in [0.3, 0.4) is 0 Å². The number of hydrogen-bond donors (Lipinski definition) is 2. The molecule has 0 unspecified atom stereocenters. The number of aromatic amines is 1. The summed E-state index contributed by atoms with van der Waals surface area (Å²) in [6, 6.07) is 0. The Balaban J connectivity index is 0.000000148. The van der Waals surface area contributed by atoms with Gasteiger partial charge in [-0.1, -0.05) is 0 Å². The van der Waals surface area contributed by atoms with Crippen LogP contribution in [0.25, 0.3) is 0 Å². The van der Waals surface area contributed by atoms with Gasteiger partial charge in [-0.15, -0.1) is 0 Å². The van der Waals surface area contributed by atoms with E-state index in [9.17, 15) is 4.79 Å². The number of carbonyl (C=O) groups is 1. The quantitative estimate of drug-likeness (QED) is 0.484. The van der Waals surface area contributed by atoms with Crippen molar-refractivity contribution < 1.29 is 4.79 Å². The van der Waals surface area contributed by atoms with Gasteiger partial charge in [0.15, 0.2) is 0 Å². The molecule has 0 saturated heterocycles. The van der Waals surface area contributed by atoms with Crippen LogP contribution < -0.4 is 5.73 Å². The van der Waals surface area contributed by atoms with Gasteiger partial charge >= 0.3 is 0 Å². The van der Waals surface area contributed by atoms with Crippen LogP contribution in [0.1, 0.15) is 6.92 Å². The number of nitrogens with one attached hydrogen (secondary N) is 1. The fourth-order valence-electron chi connectivity index (χ4n) is 0.167. The Labute approximate surface area is 52.3 Å². The molecule has 0 fully saturated rings. The van der Waals surface area contributed by atoms with Gasteiger partial charge in [-0.05, 0) is 0 Å². The molecule has 0 aromatic carbocycles. The van der Waals surface area contributed by atoms with Crippen molar-refractivity contribution in [3.8, 4) is 0 Å². The zero-order valence-corrected chi connectivity index (χ0v) is 5.03. The highest BCUT2D eigenvalue weighted by Gasteiger charge is 1.61. The van der Waals surface area contributed by atoms with Crippen molar-refractivity contribution in [2.45, 2.75) is 6.92 Å². The minimum atomic E-state index is -0.333. The fourth-order valence-corrected chi connectivity index (χ4v) is 0.167. The van der Waals surface area contributed by atoms with E-state index in [2.05, 4.69) is 21.1 Å². The Morgan fingerprint density at radius 3 is 2.00 bits per heavy atom. The fraction of sp³-hybridized carbons (Fsp3) is 0.250. The molecule has 0 aliphatic rings. The summed E-state index contributed by atoms with van der Waals surface area (Å²) in [5, 5.41) is 9.33. The second-order valence-electron chi connectivity index (χ2n) is 1.27. The highest BCUT2D eigenvalue weighted by atomic mass is 16.1. The molecule has 9 heavy (non-hydrogen) atoms. The number of nitrogens with two attached hydrogens (primary N) is 1. The van der Waals surface area contributed by atoms with Crippen molar-refractivity contribution in [2.24, 2.45) is 5.73 Å². The SMILES string of the molecule is CC(N)=O.c1cn[nH]n1. The molecule has 0 aliphatic carbocycles. The van der Waals surface area contributed by atoms with Crippen molar-refractivity contribution >= 4 is 5.91 Å². The van der Waals surface area contributed by atoms with E-state index in [4.69, 9.17) is 0 Å². The molecule has 1 aromatic rings. The summed E-state index contributed by atoms with van der Waals surface area (Å²) >= 11 is 0. The van der Waals surface area contributed by atoms with Gasteiger partial charge < -0.3 is 5.73 Å². The van der Waals surface area contributed by atoms with E-state index in [-0.39, 0.29) is 5.91 Å². The monoisotopic (exact) mass is 128 g/mol. The van der Waals surface area contributed by atoms with Crippen LogP contribution >= 0.6 is 0 Å². The average Bonchev–Trinajstić information content (AvgIpc) is 2.11. The van der Waals surface area contributed by atoms with Crippen molar-refractivity contribution in [3.63, 3.8) is 0 Å². The minimum absolute atomic E-state index is 0.333. The van der Waals surface area contributed by atoms with Crippen LogP contribution in [0.15, 0.2) is 12.4 Å². The van der Waals surface area contributed by atoms with E-state index >= 15 is 0 Å². The molecule has 50 valence electrons. The average molecular weight is 128 g/mol. The third kappa shape index (κ3) is 10.8. The van der Waals surface area contributed by atoms with Crippen molar-refractivity contribution in [1.29, 1.82) is 0 Å². The first-order chi connectivity index (χ1) is 4.23. The zero-order chi connectivity index (χ0) is 7.11.